The highest BCUT2D eigenvalue weighted by atomic mass is 16.3. The Morgan fingerprint density at radius 2 is 1.58 bits per heavy atom. The molecule has 4 heteroatoms. The molecule has 126 valence electrons. The van der Waals surface area contributed by atoms with Crippen molar-refractivity contribution in [2.75, 3.05) is 0 Å². The fraction of sp³-hybridized carbons (Fsp3) is 0.400. The number of phenolic OH excluding ortho intramolecular Hbond substituents is 1. The lowest BCUT2D eigenvalue weighted by Gasteiger charge is -2.06. The molecule has 3 aromatic rings. The van der Waals surface area contributed by atoms with Gasteiger partial charge in [0.1, 0.15) is 22.5 Å². The average molecular weight is 323 g/mol. The summed E-state index contributed by atoms with van der Waals surface area (Å²) >= 11 is 0. The van der Waals surface area contributed by atoms with Crippen molar-refractivity contribution in [3.05, 3.63) is 47.5 Å². The van der Waals surface area contributed by atoms with Crippen LogP contribution in [0.15, 0.2) is 36.4 Å². The maximum absolute atomic E-state index is 10.4. The van der Waals surface area contributed by atoms with Gasteiger partial charge in [-0.15, -0.1) is 15.0 Å². The Balaban J connectivity index is 1.86. The largest absolute Gasteiger partial charge is 0.506 e. The van der Waals surface area contributed by atoms with Crippen LogP contribution >= 0.6 is 0 Å². The van der Waals surface area contributed by atoms with Gasteiger partial charge < -0.3 is 5.11 Å². The van der Waals surface area contributed by atoms with E-state index in [0.29, 0.717) is 5.69 Å². The molecule has 1 N–H and O–H groups in total. The summed E-state index contributed by atoms with van der Waals surface area (Å²) in [5, 5.41) is 19.4. The smallest absolute Gasteiger partial charge is 0.143 e. The number of aryl methyl sites for hydroxylation is 2. The van der Waals surface area contributed by atoms with Crippen LogP contribution in [0.3, 0.4) is 0 Å². The first kappa shape index (κ1) is 16.5. The van der Waals surface area contributed by atoms with Crippen molar-refractivity contribution in [2.24, 2.45) is 0 Å². The predicted molar refractivity (Wildman–Crippen MR) is 97.8 cm³/mol. The van der Waals surface area contributed by atoms with Gasteiger partial charge in [0.25, 0.3) is 0 Å². The molecule has 0 spiro atoms. The lowest BCUT2D eigenvalue weighted by Crippen LogP contribution is -1.99. The van der Waals surface area contributed by atoms with E-state index in [2.05, 4.69) is 42.2 Å². The van der Waals surface area contributed by atoms with Gasteiger partial charge in [0.05, 0.1) is 0 Å². The van der Waals surface area contributed by atoms with Gasteiger partial charge in [0, 0.05) is 0 Å². The van der Waals surface area contributed by atoms with Gasteiger partial charge in [-0.2, -0.15) is 0 Å². The van der Waals surface area contributed by atoms with Crippen molar-refractivity contribution in [3.63, 3.8) is 0 Å². The average Bonchev–Trinajstić information content (AvgIpc) is 2.98. The summed E-state index contributed by atoms with van der Waals surface area (Å²) in [6.45, 7) is 4.36. The third-order valence-corrected chi connectivity index (χ3v) is 4.31. The molecule has 0 fully saturated rings. The summed E-state index contributed by atoms with van der Waals surface area (Å²) in [6.07, 6.45) is 6.72. The van der Waals surface area contributed by atoms with Crippen molar-refractivity contribution in [2.45, 2.75) is 52.4 Å². The number of aromatic hydroxyl groups is 1. The Hall–Kier alpha value is -2.36. The Morgan fingerprint density at radius 1 is 0.833 bits per heavy atom. The molecule has 0 aliphatic heterocycles. The van der Waals surface area contributed by atoms with Crippen molar-refractivity contribution in [1.82, 2.24) is 15.0 Å². The van der Waals surface area contributed by atoms with Gasteiger partial charge in [-0.3, -0.25) is 0 Å². The molecule has 0 radical (unpaired) electrons. The second kappa shape index (κ2) is 7.47. The highest BCUT2D eigenvalue weighted by molar-refractivity contribution is 5.74. The van der Waals surface area contributed by atoms with E-state index in [0.717, 1.165) is 42.3 Å². The third kappa shape index (κ3) is 3.58. The molecule has 0 bridgehead atoms. The molecule has 0 saturated carbocycles. The second-order valence-corrected chi connectivity index (χ2v) is 6.34. The summed E-state index contributed by atoms with van der Waals surface area (Å²) in [5.41, 5.74) is 4.77. The van der Waals surface area contributed by atoms with Crippen LogP contribution in [0.25, 0.3) is 16.7 Å². The number of nitrogens with zero attached hydrogens (tertiary/aromatic N) is 3. The minimum atomic E-state index is 0.234. The molecule has 0 aliphatic rings. The van der Waals surface area contributed by atoms with Crippen molar-refractivity contribution in [3.8, 4) is 11.4 Å². The second-order valence-electron chi connectivity index (χ2n) is 6.34. The Morgan fingerprint density at radius 3 is 2.33 bits per heavy atom. The van der Waals surface area contributed by atoms with Gasteiger partial charge >= 0.3 is 0 Å². The van der Waals surface area contributed by atoms with Crippen LogP contribution in [0.2, 0.25) is 0 Å². The molecular formula is C20H25N3O. The first-order chi connectivity index (χ1) is 11.7. The first-order valence-electron chi connectivity index (χ1n) is 8.89. The van der Waals surface area contributed by atoms with Gasteiger partial charge in [-0.05, 0) is 54.7 Å². The predicted octanol–water partition coefficient (Wildman–Crippen LogP) is 4.81. The van der Waals surface area contributed by atoms with E-state index in [1.54, 1.807) is 0 Å². The summed E-state index contributed by atoms with van der Waals surface area (Å²) < 4.78 is 0. The van der Waals surface area contributed by atoms with Crippen LogP contribution in [0.1, 0.15) is 50.7 Å². The molecule has 0 atom stereocenters. The molecule has 24 heavy (non-hydrogen) atoms. The quantitative estimate of drug-likeness (QED) is 0.635. The van der Waals surface area contributed by atoms with Gasteiger partial charge in [-0.1, -0.05) is 45.2 Å². The van der Waals surface area contributed by atoms with E-state index in [1.807, 2.05) is 18.2 Å². The normalized spacial score (nSPS) is 11.2. The number of aromatic nitrogens is 3. The fourth-order valence-corrected chi connectivity index (χ4v) is 2.98. The topological polar surface area (TPSA) is 50.9 Å². The van der Waals surface area contributed by atoms with Crippen LogP contribution in [0.4, 0.5) is 0 Å². The molecule has 0 amide bonds. The summed E-state index contributed by atoms with van der Waals surface area (Å²) in [4.78, 5) is 1.53. The zero-order valence-corrected chi connectivity index (χ0v) is 14.5. The lowest BCUT2D eigenvalue weighted by molar-refractivity contribution is 0.467. The monoisotopic (exact) mass is 323 g/mol. The van der Waals surface area contributed by atoms with E-state index < -0.39 is 0 Å². The van der Waals surface area contributed by atoms with Crippen LogP contribution < -0.4 is 0 Å². The Kier molecular flexibility index (Phi) is 5.14. The molecule has 4 nitrogen and oxygen atoms in total. The van der Waals surface area contributed by atoms with Crippen LogP contribution in [0, 0.1) is 0 Å². The summed E-state index contributed by atoms with van der Waals surface area (Å²) in [5.74, 6) is 0.234. The third-order valence-electron chi connectivity index (χ3n) is 4.31. The van der Waals surface area contributed by atoms with Crippen LogP contribution in [-0.2, 0) is 12.8 Å². The number of rotatable bonds is 7. The van der Waals surface area contributed by atoms with Crippen molar-refractivity contribution < 1.29 is 5.11 Å². The highest BCUT2D eigenvalue weighted by Crippen LogP contribution is 2.24. The molecule has 1 heterocycles. The SMILES string of the molecule is CCCCCc1ccc(-n2nc3ccc(CCC)cc3n2)c(O)c1. The molecule has 1 aromatic heterocycles. The van der Waals surface area contributed by atoms with Gasteiger partial charge in [0.2, 0.25) is 0 Å². The lowest BCUT2D eigenvalue weighted by atomic mass is 10.1. The zero-order chi connectivity index (χ0) is 16.9. The van der Waals surface area contributed by atoms with Crippen LogP contribution in [0.5, 0.6) is 5.75 Å². The Labute approximate surface area is 143 Å². The fourth-order valence-electron chi connectivity index (χ4n) is 2.98. The summed E-state index contributed by atoms with van der Waals surface area (Å²) in [7, 11) is 0. The molecule has 0 saturated heterocycles. The van der Waals surface area contributed by atoms with Gasteiger partial charge in [-0.25, -0.2) is 0 Å². The number of fused-ring (bicyclic) bond motifs is 1. The molecule has 0 aliphatic carbocycles. The van der Waals surface area contributed by atoms with E-state index in [1.165, 1.54) is 23.2 Å². The molecule has 2 aromatic carbocycles. The number of hydrogen-bond donors (Lipinski definition) is 1. The van der Waals surface area contributed by atoms with Crippen LogP contribution in [-0.4, -0.2) is 20.1 Å². The highest BCUT2D eigenvalue weighted by Gasteiger charge is 2.10. The standard InChI is InChI=1S/C20H25N3O/c1-3-5-6-8-16-10-12-19(20(24)14-16)23-21-17-11-9-15(7-4-2)13-18(17)22-23/h9-14,24H,3-8H2,1-2H3. The zero-order valence-electron chi connectivity index (χ0n) is 14.5. The minimum Gasteiger partial charge on any atom is -0.506 e. The Bertz CT molecular complexity index is 823. The minimum absolute atomic E-state index is 0.234. The van der Waals surface area contributed by atoms with E-state index in [4.69, 9.17) is 0 Å². The first-order valence-corrected chi connectivity index (χ1v) is 8.89. The number of hydrogen-bond acceptors (Lipinski definition) is 3. The molecular weight excluding hydrogens is 298 g/mol. The van der Waals surface area contributed by atoms with E-state index >= 15 is 0 Å². The van der Waals surface area contributed by atoms with Gasteiger partial charge in [0.15, 0.2) is 0 Å². The maximum Gasteiger partial charge on any atom is 0.143 e. The van der Waals surface area contributed by atoms with Crippen molar-refractivity contribution >= 4 is 11.0 Å². The molecule has 0 unspecified atom stereocenters. The molecule has 3 rings (SSSR count). The summed E-state index contributed by atoms with van der Waals surface area (Å²) in [6, 6.07) is 12.0. The maximum atomic E-state index is 10.4. The number of unbranched alkanes of at least 4 members (excludes halogenated alkanes) is 2. The van der Waals surface area contributed by atoms with E-state index in [-0.39, 0.29) is 5.75 Å². The van der Waals surface area contributed by atoms with Crippen molar-refractivity contribution in [1.29, 1.82) is 0 Å². The number of benzene rings is 2. The van der Waals surface area contributed by atoms with E-state index in [9.17, 15) is 5.11 Å². The number of phenols is 1.